The van der Waals surface area contributed by atoms with Crippen molar-refractivity contribution in [2.24, 2.45) is 5.92 Å². The zero-order valence-electron chi connectivity index (χ0n) is 12.2. The number of likely N-dealkylation sites (tertiary alicyclic amines) is 1. The van der Waals surface area contributed by atoms with Crippen molar-refractivity contribution in [2.45, 2.75) is 45.4 Å². The molecule has 0 aliphatic carbocycles. The van der Waals surface area contributed by atoms with Gasteiger partial charge in [0.1, 0.15) is 0 Å². The number of hydrogen-bond donors (Lipinski definition) is 1. The summed E-state index contributed by atoms with van der Waals surface area (Å²) in [4.78, 5) is 27.8. The second-order valence-electron chi connectivity index (χ2n) is 5.21. The summed E-state index contributed by atoms with van der Waals surface area (Å²) in [5, 5.41) is 11.9. The van der Waals surface area contributed by atoms with E-state index in [0.29, 0.717) is 13.0 Å². The monoisotopic (exact) mass is 287 g/mol. The first kappa shape index (κ1) is 16.5. The van der Waals surface area contributed by atoms with Crippen LogP contribution in [0.4, 0.5) is 4.79 Å². The van der Waals surface area contributed by atoms with E-state index in [2.05, 4.69) is 17.1 Å². The summed E-state index contributed by atoms with van der Waals surface area (Å²) < 4.78 is 0. The fourth-order valence-corrected chi connectivity index (χ4v) is 2.44. The van der Waals surface area contributed by atoms with E-state index in [1.165, 1.54) is 19.3 Å². The third kappa shape index (κ3) is 6.58. The minimum absolute atomic E-state index is 0.0202. The average Bonchev–Trinajstić information content (AvgIpc) is 2.44. The van der Waals surface area contributed by atoms with E-state index in [1.807, 2.05) is 4.90 Å². The van der Waals surface area contributed by atoms with Crippen LogP contribution in [0.15, 0.2) is 0 Å². The highest BCUT2D eigenvalue weighted by Gasteiger charge is 2.21. The number of hydrogen-bond acceptors (Lipinski definition) is 4. The van der Waals surface area contributed by atoms with Gasteiger partial charge in [0.25, 0.3) is 5.09 Å². The van der Waals surface area contributed by atoms with Gasteiger partial charge < -0.3 is 15.1 Å². The van der Waals surface area contributed by atoms with Gasteiger partial charge in [-0.15, -0.1) is 10.1 Å². The van der Waals surface area contributed by atoms with Crippen molar-refractivity contribution in [1.29, 1.82) is 0 Å². The SMILES string of the molecule is CCCCC1CCN(C(=O)NCCCO[N+](=O)[O-])CC1. The third-order valence-electron chi connectivity index (χ3n) is 3.66. The molecule has 0 bridgehead atoms. The summed E-state index contributed by atoms with van der Waals surface area (Å²) in [5.74, 6) is 0.757. The standard InChI is InChI=1S/C13H25N3O4/c1-2-3-5-12-6-9-15(10-7-12)13(17)14-8-4-11-20-16(18)19/h12H,2-11H2,1H3,(H,14,17). The van der Waals surface area contributed by atoms with Crippen molar-refractivity contribution in [3.8, 4) is 0 Å². The molecule has 0 atom stereocenters. The normalized spacial score (nSPS) is 15.9. The summed E-state index contributed by atoms with van der Waals surface area (Å²) in [6, 6.07) is -0.0694. The number of carbonyl (C=O) groups excluding carboxylic acids is 1. The smallest absolute Gasteiger partial charge is 0.317 e. The van der Waals surface area contributed by atoms with Gasteiger partial charge in [-0.3, -0.25) is 0 Å². The second-order valence-corrected chi connectivity index (χ2v) is 5.21. The van der Waals surface area contributed by atoms with Gasteiger partial charge in [0.15, 0.2) is 0 Å². The van der Waals surface area contributed by atoms with Crippen molar-refractivity contribution in [3.63, 3.8) is 0 Å². The molecule has 1 N–H and O–H groups in total. The molecule has 7 nitrogen and oxygen atoms in total. The van der Waals surface area contributed by atoms with Crippen molar-refractivity contribution in [1.82, 2.24) is 10.2 Å². The third-order valence-corrected chi connectivity index (χ3v) is 3.66. The molecule has 1 aliphatic heterocycles. The Hall–Kier alpha value is -1.53. The Balaban J connectivity index is 2.08. The van der Waals surface area contributed by atoms with Gasteiger partial charge in [0, 0.05) is 19.6 Å². The van der Waals surface area contributed by atoms with Gasteiger partial charge >= 0.3 is 6.03 Å². The zero-order valence-corrected chi connectivity index (χ0v) is 12.2. The number of nitrogens with zero attached hydrogens (tertiary/aromatic N) is 2. The van der Waals surface area contributed by atoms with Crippen LogP contribution in [-0.2, 0) is 4.84 Å². The molecule has 0 aromatic carbocycles. The highest BCUT2D eigenvalue weighted by atomic mass is 16.9. The first-order valence-corrected chi connectivity index (χ1v) is 7.43. The Kier molecular flexibility index (Phi) is 7.75. The number of rotatable bonds is 8. The van der Waals surface area contributed by atoms with E-state index in [9.17, 15) is 14.9 Å². The Morgan fingerprint density at radius 1 is 1.40 bits per heavy atom. The van der Waals surface area contributed by atoms with Crippen LogP contribution in [0.3, 0.4) is 0 Å². The van der Waals surface area contributed by atoms with Gasteiger partial charge in [-0.1, -0.05) is 26.2 Å². The van der Waals surface area contributed by atoms with E-state index >= 15 is 0 Å². The molecule has 0 aromatic heterocycles. The van der Waals surface area contributed by atoms with Crippen LogP contribution in [0.5, 0.6) is 0 Å². The lowest BCUT2D eigenvalue weighted by Gasteiger charge is -2.32. The maximum absolute atomic E-state index is 11.9. The molecule has 1 rings (SSSR count). The molecule has 0 spiro atoms. The molecule has 0 saturated carbocycles. The molecule has 0 unspecified atom stereocenters. The van der Waals surface area contributed by atoms with Crippen LogP contribution in [0.2, 0.25) is 0 Å². The molecule has 7 heteroatoms. The minimum atomic E-state index is -0.817. The summed E-state index contributed by atoms with van der Waals surface area (Å²) in [6.07, 6.45) is 6.37. The largest absolute Gasteiger partial charge is 0.338 e. The molecule has 1 aliphatic rings. The predicted octanol–water partition coefficient (Wildman–Crippen LogP) is 2.20. The summed E-state index contributed by atoms with van der Waals surface area (Å²) in [6.45, 7) is 4.25. The summed E-state index contributed by atoms with van der Waals surface area (Å²) >= 11 is 0. The molecule has 1 saturated heterocycles. The van der Waals surface area contributed by atoms with E-state index in [0.717, 1.165) is 31.8 Å². The highest BCUT2D eigenvalue weighted by Crippen LogP contribution is 2.22. The fraction of sp³-hybridized carbons (Fsp3) is 0.923. The first-order valence-electron chi connectivity index (χ1n) is 7.43. The minimum Gasteiger partial charge on any atom is -0.338 e. The quantitative estimate of drug-likeness (QED) is 0.421. The Morgan fingerprint density at radius 3 is 2.70 bits per heavy atom. The van der Waals surface area contributed by atoms with Crippen molar-refractivity contribution in [2.75, 3.05) is 26.2 Å². The maximum Gasteiger partial charge on any atom is 0.317 e. The van der Waals surface area contributed by atoms with Crippen LogP contribution < -0.4 is 5.32 Å². The van der Waals surface area contributed by atoms with Crippen molar-refractivity contribution >= 4 is 6.03 Å². The molecule has 20 heavy (non-hydrogen) atoms. The van der Waals surface area contributed by atoms with Crippen LogP contribution >= 0.6 is 0 Å². The summed E-state index contributed by atoms with van der Waals surface area (Å²) in [5.41, 5.74) is 0. The fourth-order valence-electron chi connectivity index (χ4n) is 2.44. The number of piperidine rings is 1. The summed E-state index contributed by atoms with van der Waals surface area (Å²) in [7, 11) is 0. The number of unbranched alkanes of at least 4 members (excludes halogenated alkanes) is 1. The van der Waals surface area contributed by atoms with E-state index < -0.39 is 5.09 Å². The lowest BCUT2D eigenvalue weighted by Crippen LogP contribution is -2.44. The lowest BCUT2D eigenvalue weighted by atomic mass is 9.92. The number of carbonyl (C=O) groups is 1. The lowest BCUT2D eigenvalue weighted by molar-refractivity contribution is -0.757. The van der Waals surface area contributed by atoms with Gasteiger partial charge in [-0.05, 0) is 25.2 Å². The maximum atomic E-state index is 11.9. The molecular weight excluding hydrogens is 262 g/mol. The van der Waals surface area contributed by atoms with Crippen LogP contribution in [0, 0.1) is 16.0 Å². The Morgan fingerprint density at radius 2 is 2.10 bits per heavy atom. The molecule has 1 fully saturated rings. The van der Waals surface area contributed by atoms with E-state index in [4.69, 9.17) is 0 Å². The highest BCUT2D eigenvalue weighted by molar-refractivity contribution is 5.74. The number of nitrogens with one attached hydrogen (secondary N) is 1. The van der Waals surface area contributed by atoms with Crippen molar-refractivity contribution < 1.29 is 14.7 Å². The molecule has 0 aromatic rings. The van der Waals surface area contributed by atoms with E-state index in [-0.39, 0.29) is 12.6 Å². The van der Waals surface area contributed by atoms with Crippen molar-refractivity contribution in [3.05, 3.63) is 10.1 Å². The van der Waals surface area contributed by atoms with Crippen LogP contribution in [-0.4, -0.2) is 42.3 Å². The predicted molar refractivity (Wildman–Crippen MR) is 74.8 cm³/mol. The number of urea groups is 1. The molecule has 1 heterocycles. The number of amides is 2. The molecule has 116 valence electrons. The average molecular weight is 287 g/mol. The molecular formula is C13H25N3O4. The van der Waals surface area contributed by atoms with Gasteiger partial charge in [-0.2, -0.15) is 0 Å². The van der Waals surface area contributed by atoms with Crippen LogP contribution in [0.25, 0.3) is 0 Å². The van der Waals surface area contributed by atoms with E-state index in [1.54, 1.807) is 0 Å². The molecule has 2 amide bonds. The first-order chi connectivity index (χ1) is 9.63. The molecule has 0 radical (unpaired) electrons. The Bertz CT molecular complexity index is 304. The Labute approximate surface area is 119 Å². The van der Waals surface area contributed by atoms with Gasteiger partial charge in [0.05, 0.1) is 6.61 Å². The zero-order chi connectivity index (χ0) is 14.8. The van der Waals surface area contributed by atoms with Gasteiger partial charge in [-0.25, -0.2) is 4.79 Å². The van der Waals surface area contributed by atoms with Gasteiger partial charge in [0.2, 0.25) is 0 Å². The van der Waals surface area contributed by atoms with Crippen LogP contribution in [0.1, 0.15) is 45.4 Å². The topological polar surface area (TPSA) is 84.7 Å². The second kappa shape index (κ2) is 9.39.